The van der Waals surface area contributed by atoms with Gasteiger partial charge in [-0.3, -0.25) is 4.98 Å². The predicted molar refractivity (Wildman–Crippen MR) is 79.8 cm³/mol. The molecular weight excluding hydrogens is 310 g/mol. The van der Waals surface area contributed by atoms with E-state index in [1.807, 2.05) is 12.1 Å². The predicted octanol–water partition coefficient (Wildman–Crippen LogP) is 4.03. The zero-order chi connectivity index (χ0) is 13.0. The fourth-order valence-electron chi connectivity index (χ4n) is 1.60. The van der Waals surface area contributed by atoms with Gasteiger partial charge in [0.2, 0.25) is 0 Å². The van der Waals surface area contributed by atoms with Crippen LogP contribution in [0.1, 0.15) is 32.0 Å². The molecule has 0 spiro atoms. The number of hydrogen-bond donors (Lipinski definition) is 1. The molecule has 2 rings (SSSR count). The minimum Gasteiger partial charge on any atom is -0.309 e. The van der Waals surface area contributed by atoms with Gasteiger partial charge in [-0.05, 0) is 48.0 Å². The first-order valence-corrected chi connectivity index (χ1v) is 7.69. The van der Waals surface area contributed by atoms with Gasteiger partial charge in [-0.1, -0.05) is 6.92 Å². The van der Waals surface area contributed by atoms with Gasteiger partial charge in [-0.15, -0.1) is 11.3 Å². The van der Waals surface area contributed by atoms with E-state index in [4.69, 9.17) is 0 Å². The lowest BCUT2D eigenvalue weighted by atomic mass is 10.2. The molecule has 2 aromatic heterocycles. The highest BCUT2D eigenvalue weighted by Gasteiger charge is 2.12. The smallest absolute Gasteiger partial charge is 0.143 e. The molecule has 0 saturated carbocycles. The molecule has 0 aliphatic carbocycles. The first kappa shape index (κ1) is 13.6. The summed E-state index contributed by atoms with van der Waals surface area (Å²) in [5.41, 5.74) is 2.00. The molecule has 0 fully saturated rings. The Morgan fingerprint density at radius 3 is 3.06 bits per heavy atom. The highest BCUT2D eigenvalue weighted by Crippen LogP contribution is 2.29. The quantitative estimate of drug-likeness (QED) is 0.901. The van der Waals surface area contributed by atoms with Gasteiger partial charge in [-0.25, -0.2) is 4.98 Å². The number of thiazole rings is 1. The lowest BCUT2D eigenvalue weighted by Crippen LogP contribution is -2.19. The summed E-state index contributed by atoms with van der Waals surface area (Å²) >= 11 is 5.14. The molecule has 1 N–H and O–H groups in total. The Hall–Kier alpha value is -0.780. The van der Waals surface area contributed by atoms with Crippen molar-refractivity contribution in [3.8, 4) is 10.7 Å². The fraction of sp³-hybridized carbons (Fsp3) is 0.385. The lowest BCUT2D eigenvalue weighted by molar-refractivity contribution is 0.561. The van der Waals surface area contributed by atoms with Gasteiger partial charge >= 0.3 is 0 Å². The third kappa shape index (κ3) is 3.16. The molecule has 1 unspecified atom stereocenters. The summed E-state index contributed by atoms with van der Waals surface area (Å²) in [6, 6.07) is 4.19. The number of aromatic nitrogens is 2. The van der Waals surface area contributed by atoms with E-state index >= 15 is 0 Å². The van der Waals surface area contributed by atoms with Crippen LogP contribution < -0.4 is 5.32 Å². The summed E-state index contributed by atoms with van der Waals surface area (Å²) in [4.78, 5) is 9.02. The van der Waals surface area contributed by atoms with Crippen molar-refractivity contribution < 1.29 is 0 Å². The second-order valence-corrected chi connectivity index (χ2v) is 5.80. The topological polar surface area (TPSA) is 37.8 Å². The average Bonchev–Trinajstić information content (AvgIpc) is 2.86. The number of nitrogens with one attached hydrogen (secondary N) is 1. The summed E-state index contributed by atoms with van der Waals surface area (Å²) < 4.78 is 0.986. The Labute approximate surface area is 120 Å². The number of hydrogen-bond acceptors (Lipinski definition) is 4. The van der Waals surface area contributed by atoms with E-state index in [1.165, 1.54) is 0 Å². The second-order valence-electron chi connectivity index (χ2n) is 4.09. The molecule has 5 heteroatoms. The number of rotatable bonds is 5. The molecule has 2 aromatic rings. The highest BCUT2D eigenvalue weighted by molar-refractivity contribution is 9.10. The number of nitrogens with zero attached hydrogens (tertiary/aromatic N) is 2. The summed E-state index contributed by atoms with van der Waals surface area (Å²) in [7, 11) is 0. The zero-order valence-corrected chi connectivity index (χ0v) is 12.9. The Morgan fingerprint density at radius 1 is 1.50 bits per heavy atom. The van der Waals surface area contributed by atoms with Gasteiger partial charge in [0.15, 0.2) is 0 Å². The summed E-state index contributed by atoms with van der Waals surface area (Å²) in [5.74, 6) is 0. The average molecular weight is 326 g/mol. The molecule has 3 nitrogen and oxygen atoms in total. The molecule has 0 aliphatic rings. The van der Waals surface area contributed by atoms with Gasteiger partial charge in [0.1, 0.15) is 10.7 Å². The van der Waals surface area contributed by atoms with Crippen LogP contribution >= 0.6 is 27.3 Å². The maximum absolute atomic E-state index is 4.66. The van der Waals surface area contributed by atoms with Crippen LogP contribution in [0.5, 0.6) is 0 Å². The Balaban J connectivity index is 2.18. The van der Waals surface area contributed by atoms with Crippen molar-refractivity contribution >= 4 is 27.3 Å². The highest BCUT2D eigenvalue weighted by atomic mass is 79.9. The maximum atomic E-state index is 4.66. The van der Waals surface area contributed by atoms with Crippen LogP contribution in [-0.4, -0.2) is 16.5 Å². The molecule has 0 aliphatic heterocycles. The Morgan fingerprint density at radius 2 is 2.33 bits per heavy atom. The van der Waals surface area contributed by atoms with Crippen molar-refractivity contribution in [3.63, 3.8) is 0 Å². The van der Waals surface area contributed by atoms with E-state index in [0.29, 0.717) is 0 Å². The van der Waals surface area contributed by atoms with E-state index in [2.05, 4.69) is 50.4 Å². The van der Waals surface area contributed by atoms with Gasteiger partial charge in [0.25, 0.3) is 0 Å². The van der Waals surface area contributed by atoms with E-state index in [9.17, 15) is 0 Å². The monoisotopic (exact) mass is 325 g/mol. The van der Waals surface area contributed by atoms with Crippen LogP contribution in [0.25, 0.3) is 10.7 Å². The largest absolute Gasteiger partial charge is 0.309 e. The molecule has 2 heterocycles. The van der Waals surface area contributed by atoms with E-state index in [-0.39, 0.29) is 6.04 Å². The molecule has 0 radical (unpaired) electrons. The van der Waals surface area contributed by atoms with Gasteiger partial charge in [0.05, 0.1) is 5.69 Å². The van der Waals surface area contributed by atoms with Crippen molar-refractivity contribution in [1.82, 2.24) is 15.3 Å². The summed E-state index contributed by atoms with van der Waals surface area (Å²) in [5, 5.41) is 6.50. The number of pyridine rings is 1. The van der Waals surface area contributed by atoms with Crippen molar-refractivity contribution in [2.45, 2.75) is 26.3 Å². The minimum absolute atomic E-state index is 0.289. The number of halogens is 1. The molecule has 0 amide bonds. The van der Waals surface area contributed by atoms with Crippen LogP contribution in [-0.2, 0) is 0 Å². The second kappa shape index (κ2) is 6.41. The summed E-state index contributed by atoms with van der Waals surface area (Å²) in [6.07, 6.45) is 2.92. The maximum Gasteiger partial charge on any atom is 0.143 e. The molecule has 0 saturated heterocycles. The van der Waals surface area contributed by atoms with Gasteiger partial charge in [0, 0.05) is 22.1 Å². The molecule has 0 aromatic carbocycles. The van der Waals surface area contributed by atoms with E-state index < -0.39 is 0 Å². The van der Waals surface area contributed by atoms with Crippen LogP contribution in [0.2, 0.25) is 0 Å². The molecule has 0 bridgehead atoms. The van der Waals surface area contributed by atoms with E-state index in [0.717, 1.165) is 33.8 Å². The first-order chi connectivity index (χ1) is 8.72. The zero-order valence-electron chi connectivity index (χ0n) is 10.5. The SMILES string of the molecule is CCCNC(C)c1csc(-c2ncccc2Br)n1. The van der Waals surface area contributed by atoms with Gasteiger partial charge in [-0.2, -0.15) is 0 Å². The van der Waals surface area contributed by atoms with Crippen molar-refractivity contribution in [2.75, 3.05) is 6.54 Å². The molecule has 1 atom stereocenters. The van der Waals surface area contributed by atoms with Crippen LogP contribution in [0.4, 0.5) is 0 Å². The fourth-order valence-corrected chi connectivity index (χ4v) is 3.10. The lowest BCUT2D eigenvalue weighted by Gasteiger charge is -2.09. The van der Waals surface area contributed by atoms with Crippen molar-refractivity contribution in [3.05, 3.63) is 33.9 Å². The first-order valence-electron chi connectivity index (χ1n) is 6.02. The van der Waals surface area contributed by atoms with Gasteiger partial charge < -0.3 is 5.32 Å². The Bertz CT molecular complexity index is 512. The van der Waals surface area contributed by atoms with Crippen LogP contribution in [0.3, 0.4) is 0 Å². The van der Waals surface area contributed by atoms with E-state index in [1.54, 1.807) is 17.5 Å². The van der Waals surface area contributed by atoms with Crippen molar-refractivity contribution in [2.24, 2.45) is 0 Å². The van der Waals surface area contributed by atoms with Crippen LogP contribution in [0.15, 0.2) is 28.2 Å². The standard InChI is InChI=1S/C13H16BrN3S/c1-3-6-15-9(2)11-8-18-13(17-11)12-10(14)5-4-7-16-12/h4-5,7-9,15H,3,6H2,1-2H3. The summed E-state index contributed by atoms with van der Waals surface area (Å²) in [6.45, 7) is 5.32. The van der Waals surface area contributed by atoms with Crippen molar-refractivity contribution in [1.29, 1.82) is 0 Å². The third-order valence-corrected chi connectivity index (χ3v) is 4.13. The minimum atomic E-state index is 0.289. The van der Waals surface area contributed by atoms with Crippen LogP contribution in [0, 0.1) is 0 Å². The third-order valence-electron chi connectivity index (χ3n) is 2.63. The molecule has 18 heavy (non-hydrogen) atoms. The molecular formula is C13H16BrN3S. The Kier molecular flexibility index (Phi) is 4.86. The normalized spacial score (nSPS) is 12.6. The molecule has 96 valence electrons.